The minimum atomic E-state index is -4.55. The number of halogens is 3. The number of benzene rings is 2. The third kappa shape index (κ3) is 6.97. The largest absolute Gasteiger partial charge is 0.490 e. The molecule has 2 aromatic rings. The summed E-state index contributed by atoms with van der Waals surface area (Å²) in [7, 11) is 1.52. The number of hydrogen-bond donors (Lipinski definition) is 1. The second kappa shape index (κ2) is 10.5. The van der Waals surface area contributed by atoms with Gasteiger partial charge in [0.15, 0.2) is 0 Å². The van der Waals surface area contributed by atoms with Crippen LogP contribution >= 0.6 is 11.8 Å². The Bertz CT molecular complexity index is 797. The summed E-state index contributed by atoms with van der Waals surface area (Å²) in [5.74, 6) is 1.25. The second-order valence-corrected chi connectivity index (χ2v) is 7.75. The van der Waals surface area contributed by atoms with E-state index in [0.29, 0.717) is 5.56 Å². The first kappa shape index (κ1) is 23.1. The molecule has 158 valence electrons. The summed E-state index contributed by atoms with van der Waals surface area (Å²) in [6.07, 6.45) is -5.68. The smallest absolute Gasteiger partial charge is 0.419 e. The predicted octanol–water partition coefficient (Wildman–Crippen LogP) is 4.47. The molecule has 29 heavy (non-hydrogen) atoms. The van der Waals surface area contributed by atoms with Crippen LogP contribution in [0.25, 0.3) is 0 Å². The number of ether oxygens (including phenoxy) is 1. The summed E-state index contributed by atoms with van der Waals surface area (Å²) in [5, 5.41) is 10.1. The van der Waals surface area contributed by atoms with Crippen molar-refractivity contribution in [2.24, 2.45) is 0 Å². The van der Waals surface area contributed by atoms with Crippen molar-refractivity contribution in [3.05, 3.63) is 65.2 Å². The Morgan fingerprint density at radius 2 is 1.83 bits per heavy atom. The number of likely N-dealkylation sites (N-methyl/N-ethyl adjacent to an activating group) is 1. The highest BCUT2D eigenvalue weighted by atomic mass is 32.2. The standard InChI is InChI=1S/C21H24F3NO3S/c1-3-29-14-15-8-10-16(11-9-15)20(27)25(2)12-17(26)13-28-19-7-5-4-6-18(19)21(22,23)24/h4-11,17,26H,3,12-14H2,1-2H3/t17-/m0/s1. The lowest BCUT2D eigenvalue weighted by Gasteiger charge is -2.22. The van der Waals surface area contributed by atoms with E-state index in [0.717, 1.165) is 23.1 Å². The molecular weight excluding hydrogens is 403 g/mol. The Morgan fingerprint density at radius 1 is 1.17 bits per heavy atom. The quantitative estimate of drug-likeness (QED) is 0.642. The fraction of sp³-hybridized carbons (Fsp3) is 0.381. The normalized spacial score (nSPS) is 12.5. The topological polar surface area (TPSA) is 49.8 Å². The molecule has 0 bridgehead atoms. The van der Waals surface area contributed by atoms with Crippen LogP contribution in [0.15, 0.2) is 48.5 Å². The summed E-state index contributed by atoms with van der Waals surface area (Å²) in [6, 6.07) is 12.0. The highest BCUT2D eigenvalue weighted by Gasteiger charge is 2.34. The zero-order valence-corrected chi connectivity index (χ0v) is 17.1. The zero-order valence-electron chi connectivity index (χ0n) is 16.3. The van der Waals surface area contributed by atoms with Crippen LogP contribution in [0.1, 0.15) is 28.4 Å². The van der Waals surface area contributed by atoms with Crippen molar-refractivity contribution in [3.63, 3.8) is 0 Å². The molecule has 0 heterocycles. The molecule has 0 saturated heterocycles. The Kier molecular flexibility index (Phi) is 8.40. The van der Waals surface area contributed by atoms with Gasteiger partial charge in [-0.1, -0.05) is 31.2 Å². The van der Waals surface area contributed by atoms with Gasteiger partial charge in [0.05, 0.1) is 5.56 Å². The number of aliphatic hydroxyl groups is 1. The number of para-hydroxylation sites is 1. The van der Waals surface area contributed by atoms with Crippen LogP contribution in [-0.2, 0) is 11.9 Å². The Hall–Kier alpha value is -2.19. The maximum Gasteiger partial charge on any atom is 0.419 e. The van der Waals surface area contributed by atoms with Gasteiger partial charge in [0.25, 0.3) is 5.91 Å². The SMILES string of the molecule is CCSCc1ccc(C(=O)N(C)C[C@H](O)COc2ccccc2C(F)(F)F)cc1. The number of hydrogen-bond acceptors (Lipinski definition) is 4. The van der Waals surface area contributed by atoms with Crippen molar-refractivity contribution in [1.82, 2.24) is 4.90 Å². The van der Waals surface area contributed by atoms with E-state index in [-0.39, 0.29) is 24.8 Å². The minimum Gasteiger partial charge on any atom is -0.490 e. The van der Waals surface area contributed by atoms with E-state index in [2.05, 4.69) is 6.92 Å². The first-order chi connectivity index (χ1) is 13.7. The van der Waals surface area contributed by atoms with Crippen molar-refractivity contribution in [3.8, 4) is 5.75 Å². The van der Waals surface area contributed by atoms with Gasteiger partial charge in [-0.2, -0.15) is 24.9 Å². The van der Waals surface area contributed by atoms with Gasteiger partial charge >= 0.3 is 6.18 Å². The molecule has 1 atom stereocenters. The molecule has 0 fully saturated rings. The third-order valence-corrected chi connectivity index (χ3v) is 5.07. The zero-order chi connectivity index (χ0) is 21.4. The summed E-state index contributed by atoms with van der Waals surface area (Å²) in [5.41, 5.74) is 0.694. The van der Waals surface area contributed by atoms with Gasteiger partial charge < -0.3 is 14.7 Å². The lowest BCUT2D eigenvalue weighted by atomic mass is 10.1. The van der Waals surface area contributed by atoms with Crippen molar-refractivity contribution in [2.75, 3.05) is 26.0 Å². The number of amides is 1. The van der Waals surface area contributed by atoms with Crippen molar-refractivity contribution in [2.45, 2.75) is 25.0 Å². The molecule has 2 rings (SSSR count). The molecule has 0 spiro atoms. The number of aliphatic hydroxyl groups excluding tert-OH is 1. The van der Waals surface area contributed by atoms with Gasteiger partial charge in [-0.3, -0.25) is 4.79 Å². The van der Waals surface area contributed by atoms with Crippen LogP contribution in [-0.4, -0.2) is 48.0 Å². The molecule has 4 nitrogen and oxygen atoms in total. The van der Waals surface area contributed by atoms with Crippen molar-refractivity contribution >= 4 is 17.7 Å². The Balaban J connectivity index is 1.90. The molecular formula is C21H24F3NO3S. The first-order valence-corrected chi connectivity index (χ1v) is 10.3. The maximum atomic E-state index is 13.0. The van der Waals surface area contributed by atoms with Crippen LogP contribution in [0, 0.1) is 0 Å². The Morgan fingerprint density at radius 3 is 2.45 bits per heavy atom. The summed E-state index contributed by atoms with van der Waals surface area (Å²) >= 11 is 1.78. The van der Waals surface area contributed by atoms with E-state index in [9.17, 15) is 23.1 Å². The van der Waals surface area contributed by atoms with Gasteiger partial charge in [0, 0.05) is 24.9 Å². The highest BCUT2D eigenvalue weighted by molar-refractivity contribution is 7.98. The van der Waals surface area contributed by atoms with Gasteiger partial charge in [-0.25, -0.2) is 0 Å². The monoisotopic (exact) mass is 427 g/mol. The maximum absolute atomic E-state index is 13.0. The van der Waals surface area contributed by atoms with Gasteiger partial charge in [0.2, 0.25) is 0 Å². The van der Waals surface area contributed by atoms with Crippen molar-refractivity contribution < 1.29 is 27.8 Å². The number of rotatable bonds is 9. The number of nitrogens with zero attached hydrogens (tertiary/aromatic N) is 1. The number of thioether (sulfide) groups is 1. The molecule has 0 aliphatic heterocycles. The third-order valence-electron chi connectivity index (χ3n) is 4.13. The average Bonchev–Trinajstić information content (AvgIpc) is 2.70. The summed E-state index contributed by atoms with van der Waals surface area (Å²) in [4.78, 5) is 13.8. The predicted molar refractivity (Wildman–Crippen MR) is 108 cm³/mol. The highest BCUT2D eigenvalue weighted by Crippen LogP contribution is 2.35. The molecule has 1 N–H and O–H groups in total. The van der Waals surface area contributed by atoms with Crippen LogP contribution in [0.4, 0.5) is 13.2 Å². The van der Waals surface area contributed by atoms with E-state index in [1.165, 1.54) is 30.1 Å². The second-order valence-electron chi connectivity index (χ2n) is 6.48. The van der Waals surface area contributed by atoms with Crippen LogP contribution in [0.5, 0.6) is 5.75 Å². The Labute approximate surface area is 172 Å². The minimum absolute atomic E-state index is 0.0690. The fourth-order valence-electron chi connectivity index (χ4n) is 2.65. The molecule has 0 aromatic heterocycles. The van der Waals surface area contributed by atoms with Gasteiger partial charge in [-0.15, -0.1) is 0 Å². The molecule has 8 heteroatoms. The summed E-state index contributed by atoms with van der Waals surface area (Å²) in [6.45, 7) is 1.65. The van der Waals surface area contributed by atoms with Gasteiger partial charge in [0.1, 0.15) is 18.5 Å². The van der Waals surface area contributed by atoms with E-state index in [1.807, 2.05) is 12.1 Å². The van der Waals surface area contributed by atoms with E-state index in [4.69, 9.17) is 4.74 Å². The molecule has 0 unspecified atom stereocenters. The summed E-state index contributed by atoms with van der Waals surface area (Å²) < 4.78 is 44.1. The molecule has 0 aliphatic carbocycles. The molecule has 0 aliphatic rings. The molecule has 1 amide bonds. The lowest BCUT2D eigenvalue weighted by molar-refractivity contribution is -0.139. The van der Waals surface area contributed by atoms with Crippen LogP contribution in [0.3, 0.4) is 0 Å². The van der Waals surface area contributed by atoms with Crippen LogP contribution in [0.2, 0.25) is 0 Å². The molecule has 0 saturated carbocycles. The number of alkyl halides is 3. The number of carbonyl (C=O) groups is 1. The van der Waals surface area contributed by atoms with Gasteiger partial charge in [-0.05, 0) is 35.6 Å². The van der Waals surface area contributed by atoms with E-state index in [1.54, 1.807) is 23.9 Å². The average molecular weight is 427 g/mol. The lowest BCUT2D eigenvalue weighted by Crippen LogP contribution is -2.37. The molecule has 0 radical (unpaired) electrons. The molecule has 2 aromatic carbocycles. The number of carbonyl (C=O) groups excluding carboxylic acids is 1. The first-order valence-electron chi connectivity index (χ1n) is 9.11. The van der Waals surface area contributed by atoms with E-state index >= 15 is 0 Å². The fourth-order valence-corrected chi connectivity index (χ4v) is 3.28. The van der Waals surface area contributed by atoms with E-state index < -0.39 is 17.8 Å². The van der Waals surface area contributed by atoms with Crippen molar-refractivity contribution in [1.29, 1.82) is 0 Å². The van der Waals surface area contributed by atoms with Crippen LogP contribution < -0.4 is 4.74 Å².